The van der Waals surface area contributed by atoms with E-state index in [9.17, 15) is 13.5 Å². The van der Waals surface area contributed by atoms with E-state index in [1.165, 1.54) is 10.6 Å². The number of likely N-dealkylation sites (N-methyl/N-ethyl adjacent to an activating group) is 1. The van der Waals surface area contributed by atoms with E-state index >= 15 is 0 Å². The Hall–Kier alpha value is -0.170. The second-order valence-corrected chi connectivity index (χ2v) is 8.56. The van der Waals surface area contributed by atoms with Gasteiger partial charge in [-0.15, -0.1) is 0 Å². The smallest absolute Gasteiger partial charge is 0.211 e. The average molecular weight is 309 g/mol. The largest absolute Gasteiger partial charge is 0.393 e. The zero-order valence-electron chi connectivity index (χ0n) is 13.9. The van der Waals surface area contributed by atoms with Gasteiger partial charge in [0.1, 0.15) is 0 Å². The molecule has 122 valence electrons. The number of ether oxygens (including phenoxy) is 1. The van der Waals surface area contributed by atoms with Gasteiger partial charge in [-0.05, 0) is 32.1 Å². The number of nitrogens with zero attached hydrogens (tertiary/aromatic N) is 1. The minimum atomic E-state index is -3.24. The molecule has 0 saturated carbocycles. The molecule has 6 heteroatoms. The third-order valence-electron chi connectivity index (χ3n) is 3.53. The number of sulfonamides is 1. The third kappa shape index (κ3) is 7.02. The molecular weight excluding hydrogens is 278 g/mol. The molecule has 0 spiro atoms. The molecule has 0 fully saturated rings. The molecule has 0 aromatic heterocycles. The number of aliphatic hydroxyl groups is 1. The summed E-state index contributed by atoms with van der Waals surface area (Å²) in [5.41, 5.74) is -0.307. The van der Waals surface area contributed by atoms with Gasteiger partial charge in [-0.3, -0.25) is 0 Å². The summed E-state index contributed by atoms with van der Waals surface area (Å²) < 4.78 is 30.4. The Morgan fingerprint density at radius 1 is 1.30 bits per heavy atom. The topological polar surface area (TPSA) is 66.8 Å². The Bertz CT molecular complexity index is 379. The van der Waals surface area contributed by atoms with E-state index in [0.29, 0.717) is 19.4 Å². The molecule has 2 unspecified atom stereocenters. The van der Waals surface area contributed by atoms with Gasteiger partial charge in [0.05, 0.1) is 24.6 Å². The van der Waals surface area contributed by atoms with E-state index in [4.69, 9.17) is 4.74 Å². The van der Waals surface area contributed by atoms with Crippen LogP contribution in [-0.2, 0) is 14.8 Å². The summed E-state index contributed by atoms with van der Waals surface area (Å²) >= 11 is 0. The van der Waals surface area contributed by atoms with E-state index in [2.05, 4.69) is 0 Å². The van der Waals surface area contributed by atoms with Crippen LogP contribution in [0.25, 0.3) is 0 Å². The predicted molar refractivity (Wildman–Crippen MR) is 82.2 cm³/mol. The van der Waals surface area contributed by atoms with Gasteiger partial charge in [-0.1, -0.05) is 20.8 Å². The highest BCUT2D eigenvalue weighted by atomic mass is 32.2. The predicted octanol–water partition coefficient (Wildman–Crippen LogP) is 1.86. The van der Waals surface area contributed by atoms with Crippen LogP contribution in [0.4, 0.5) is 0 Å². The standard InChI is InChI=1S/C14H31NO4S/c1-8-12(16)9-14(4,5)13(19-11(2)3)10-15(6)20(7,17)18/h11-13,16H,8-10H2,1-7H3. The zero-order valence-corrected chi connectivity index (χ0v) is 14.7. The highest BCUT2D eigenvalue weighted by molar-refractivity contribution is 7.88. The Kier molecular flexibility index (Phi) is 7.66. The lowest BCUT2D eigenvalue weighted by molar-refractivity contribution is -0.0779. The first kappa shape index (κ1) is 19.8. The highest BCUT2D eigenvalue weighted by Gasteiger charge is 2.35. The van der Waals surface area contributed by atoms with Gasteiger partial charge in [0, 0.05) is 13.6 Å². The van der Waals surface area contributed by atoms with Crippen LogP contribution in [0.3, 0.4) is 0 Å². The van der Waals surface area contributed by atoms with Crippen molar-refractivity contribution in [2.75, 3.05) is 19.8 Å². The van der Waals surface area contributed by atoms with Crippen molar-refractivity contribution in [2.24, 2.45) is 5.41 Å². The molecule has 1 N–H and O–H groups in total. The van der Waals surface area contributed by atoms with Crippen LogP contribution in [0.2, 0.25) is 0 Å². The SMILES string of the molecule is CCC(O)CC(C)(C)C(CN(C)S(C)(=O)=O)OC(C)C. The first-order valence-electron chi connectivity index (χ1n) is 7.15. The Morgan fingerprint density at radius 2 is 1.80 bits per heavy atom. The molecule has 0 aromatic carbocycles. The van der Waals surface area contributed by atoms with Crippen molar-refractivity contribution in [3.8, 4) is 0 Å². The minimum Gasteiger partial charge on any atom is -0.393 e. The first-order chi connectivity index (χ1) is 8.90. The van der Waals surface area contributed by atoms with Crippen LogP contribution < -0.4 is 0 Å². The summed E-state index contributed by atoms with van der Waals surface area (Å²) in [6, 6.07) is 0. The van der Waals surface area contributed by atoms with Gasteiger partial charge in [-0.25, -0.2) is 12.7 Å². The first-order valence-corrected chi connectivity index (χ1v) is 8.99. The fourth-order valence-corrected chi connectivity index (χ4v) is 2.46. The number of hydrogen-bond donors (Lipinski definition) is 1. The van der Waals surface area contributed by atoms with E-state index in [0.717, 1.165) is 0 Å². The molecule has 0 radical (unpaired) electrons. The Labute approximate surface area is 124 Å². The fourth-order valence-electron chi connectivity index (χ4n) is 2.05. The van der Waals surface area contributed by atoms with Crippen molar-refractivity contribution < 1.29 is 18.3 Å². The molecule has 0 heterocycles. The Morgan fingerprint density at radius 3 is 2.15 bits per heavy atom. The maximum atomic E-state index is 11.6. The maximum absolute atomic E-state index is 11.6. The molecule has 2 atom stereocenters. The van der Waals surface area contributed by atoms with E-state index in [-0.39, 0.29) is 17.6 Å². The van der Waals surface area contributed by atoms with Gasteiger partial charge in [0.2, 0.25) is 10.0 Å². The number of rotatable bonds is 9. The maximum Gasteiger partial charge on any atom is 0.211 e. The summed E-state index contributed by atoms with van der Waals surface area (Å²) in [5.74, 6) is 0. The second-order valence-electron chi connectivity index (χ2n) is 6.47. The molecular formula is C14H31NO4S. The van der Waals surface area contributed by atoms with Gasteiger partial charge < -0.3 is 9.84 Å². The molecule has 0 bridgehead atoms. The molecule has 0 rings (SSSR count). The van der Waals surface area contributed by atoms with Crippen molar-refractivity contribution in [1.82, 2.24) is 4.31 Å². The van der Waals surface area contributed by atoms with Gasteiger partial charge in [0.15, 0.2) is 0 Å². The highest BCUT2D eigenvalue weighted by Crippen LogP contribution is 2.31. The lowest BCUT2D eigenvalue weighted by Crippen LogP contribution is -2.45. The molecule has 20 heavy (non-hydrogen) atoms. The van der Waals surface area contributed by atoms with E-state index < -0.39 is 16.1 Å². The minimum absolute atomic E-state index is 0.00556. The van der Waals surface area contributed by atoms with Crippen molar-refractivity contribution >= 4 is 10.0 Å². The number of hydrogen-bond acceptors (Lipinski definition) is 4. The van der Waals surface area contributed by atoms with Crippen LogP contribution in [0, 0.1) is 5.41 Å². The molecule has 0 aliphatic heterocycles. The third-order valence-corrected chi connectivity index (χ3v) is 4.81. The monoisotopic (exact) mass is 309 g/mol. The van der Waals surface area contributed by atoms with Crippen LogP contribution in [0.15, 0.2) is 0 Å². The normalized spacial score (nSPS) is 16.7. The summed E-state index contributed by atoms with van der Waals surface area (Å²) in [6.45, 7) is 10.1. The number of aliphatic hydroxyl groups excluding tert-OH is 1. The molecule has 5 nitrogen and oxygen atoms in total. The van der Waals surface area contributed by atoms with E-state index in [1.54, 1.807) is 7.05 Å². The summed E-state index contributed by atoms with van der Waals surface area (Å²) in [4.78, 5) is 0. The lowest BCUT2D eigenvalue weighted by Gasteiger charge is -2.38. The van der Waals surface area contributed by atoms with Crippen molar-refractivity contribution in [2.45, 2.75) is 65.8 Å². The summed E-state index contributed by atoms with van der Waals surface area (Å²) in [5, 5.41) is 9.88. The van der Waals surface area contributed by atoms with Crippen molar-refractivity contribution in [3.05, 3.63) is 0 Å². The average Bonchev–Trinajstić information content (AvgIpc) is 2.25. The fraction of sp³-hybridized carbons (Fsp3) is 1.00. The zero-order chi connectivity index (χ0) is 16.1. The molecule has 0 aliphatic carbocycles. The molecule has 0 saturated heterocycles. The molecule has 0 aliphatic rings. The van der Waals surface area contributed by atoms with Gasteiger partial charge in [-0.2, -0.15) is 0 Å². The summed E-state index contributed by atoms with van der Waals surface area (Å²) in [6.07, 6.45) is 1.80. The van der Waals surface area contributed by atoms with Crippen LogP contribution in [0.1, 0.15) is 47.5 Å². The molecule has 0 amide bonds. The van der Waals surface area contributed by atoms with Gasteiger partial charge >= 0.3 is 0 Å². The van der Waals surface area contributed by atoms with Crippen LogP contribution in [0.5, 0.6) is 0 Å². The van der Waals surface area contributed by atoms with Crippen molar-refractivity contribution in [3.63, 3.8) is 0 Å². The van der Waals surface area contributed by atoms with Crippen LogP contribution in [-0.4, -0.2) is 56.0 Å². The lowest BCUT2D eigenvalue weighted by atomic mass is 9.80. The quantitative estimate of drug-likeness (QED) is 0.706. The van der Waals surface area contributed by atoms with E-state index in [1.807, 2.05) is 34.6 Å². The van der Waals surface area contributed by atoms with Crippen molar-refractivity contribution in [1.29, 1.82) is 0 Å². The Balaban J connectivity index is 5.04. The van der Waals surface area contributed by atoms with Gasteiger partial charge in [0.25, 0.3) is 0 Å². The summed E-state index contributed by atoms with van der Waals surface area (Å²) in [7, 11) is -1.68. The second kappa shape index (κ2) is 7.73. The van der Waals surface area contributed by atoms with Crippen LogP contribution >= 0.6 is 0 Å². The molecule has 0 aromatic rings.